The number of aromatic nitrogens is 4. The molecule has 0 saturated carbocycles. The molecule has 0 atom stereocenters. The van der Waals surface area contributed by atoms with E-state index in [-0.39, 0.29) is 5.82 Å². The van der Waals surface area contributed by atoms with Crippen molar-refractivity contribution >= 4 is 5.65 Å². The first-order valence-electron chi connectivity index (χ1n) is 13.6. The van der Waals surface area contributed by atoms with Gasteiger partial charge in [-0.25, -0.2) is 9.37 Å². The monoisotopic (exact) mass is 536 g/mol. The number of rotatable bonds is 5. The highest BCUT2D eigenvalue weighted by atomic mass is 19.1. The molecule has 0 bridgehead atoms. The van der Waals surface area contributed by atoms with Crippen molar-refractivity contribution in [3.63, 3.8) is 0 Å². The van der Waals surface area contributed by atoms with E-state index in [1.807, 2.05) is 29.8 Å². The molecule has 3 heterocycles. The van der Waals surface area contributed by atoms with Gasteiger partial charge in [0.15, 0.2) is 0 Å². The number of aromatic amines is 1. The fourth-order valence-corrected chi connectivity index (χ4v) is 5.18. The van der Waals surface area contributed by atoms with E-state index in [1.165, 1.54) is 28.8 Å². The molecule has 41 heavy (non-hydrogen) atoms. The molecule has 0 amide bonds. The van der Waals surface area contributed by atoms with E-state index in [9.17, 15) is 4.39 Å². The van der Waals surface area contributed by atoms with E-state index < -0.39 is 0 Å². The number of pyridine rings is 1. The van der Waals surface area contributed by atoms with Gasteiger partial charge in [-0.3, -0.25) is 5.10 Å². The maximum atomic E-state index is 13.1. The molecule has 0 aliphatic rings. The molecule has 200 valence electrons. The summed E-state index contributed by atoms with van der Waals surface area (Å²) < 4.78 is 15.1. The van der Waals surface area contributed by atoms with Crippen LogP contribution in [-0.2, 0) is 0 Å². The van der Waals surface area contributed by atoms with Gasteiger partial charge in [-0.2, -0.15) is 5.10 Å². The normalized spacial score (nSPS) is 10.9. The van der Waals surface area contributed by atoms with E-state index in [1.54, 1.807) is 24.5 Å². The lowest BCUT2D eigenvalue weighted by Crippen LogP contribution is -2.02. The molecule has 0 spiro atoms. The fourth-order valence-electron chi connectivity index (χ4n) is 5.18. The average Bonchev–Trinajstić information content (AvgIpc) is 3.69. The Morgan fingerprint density at radius 2 is 1.27 bits per heavy atom. The number of fused-ring (bicyclic) bond motifs is 1. The number of H-pyrrole nitrogens is 1. The second kappa shape index (κ2) is 11.8. The zero-order valence-electron chi connectivity index (χ0n) is 22.7. The van der Waals surface area contributed by atoms with Crippen molar-refractivity contribution in [2.75, 3.05) is 0 Å². The Morgan fingerprint density at radius 1 is 0.707 bits per heavy atom. The summed E-state index contributed by atoms with van der Waals surface area (Å²) in [6.07, 6.45) is 7.52. The van der Waals surface area contributed by atoms with Crippen molar-refractivity contribution < 1.29 is 4.39 Å². The van der Waals surface area contributed by atoms with Crippen molar-refractivity contribution in [2.45, 2.75) is 12.8 Å². The molecule has 3 aromatic heterocycles. The molecule has 0 aliphatic carbocycles. The molecule has 7 aromatic rings. The van der Waals surface area contributed by atoms with Gasteiger partial charge in [-0.1, -0.05) is 91.0 Å². The smallest absolute Gasteiger partial charge is 0.136 e. The highest BCUT2D eigenvalue weighted by Crippen LogP contribution is 2.33. The zero-order chi connectivity index (χ0) is 28.0. The molecule has 0 saturated heterocycles. The number of halogens is 1. The number of nitrogens with zero attached hydrogens (tertiary/aromatic N) is 3. The summed E-state index contributed by atoms with van der Waals surface area (Å²) in [6, 6.07) is 40.5. The third kappa shape index (κ3) is 5.70. The molecule has 7 rings (SSSR count). The van der Waals surface area contributed by atoms with Crippen LogP contribution < -0.4 is 0 Å². The molecule has 4 aromatic carbocycles. The van der Waals surface area contributed by atoms with Crippen LogP contribution in [0, 0.1) is 12.7 Å². The number of aryl methyl sites for hydroxylation is 1. The zero-order valence-corrected chi connectivity index (χ0v) is 22.7. The van der Waals surface area contributed by atoms with Crippen LogP contribution in [-0.4, -0.2) is 19.6 Å². The van der Waals surface area contributed by atoms with Crippen molar-refractivity contribution in [1.29, 1.82) is 0 Å². The highest BCUT2D eigenvalue weighted by molar-refractivity contribution is 5.82. The molecule has 0 fully saturated rings. The first-order chi connectivity index (χ1) is 20.2. The second-order valence-corrected chi connectivity index (χ2v) is 9.89. The summed E-state index contributed by atoms with van der Waals surface area (Å²) in [7, 11) is 0. The fraction of sp³-hybridized carbons (Fsp3) is 0.0556. The Labute approximate surface area is 238 Å². The summed E-state index contributed by atoms with van der Waals surface area (Å²) in [4.78, 5) is 4.29. The number of imidazole rings is 1. The number of nitrogens with one attached hydrogen (secondary N) is 1. The summed E-state index contributed by atoms with van der Waals surface area (Å²) in [6.45, 7) is 2.05. The maximum absolute atomic E-state index is 13.1. The quantitative estimate of drug-likeness (QED) is 0.224. The topological polar surface area (TPSA) is 46.0 Å². The lowest BCUT2D eigenvalue weighted by molar-refractivity contribution is 0.628. The molecular formula is C36H29FN4. The van der Waals surface area contributed by atoms with Crippen LogP contribution in [0.1, 0.15) is 28.2 Å². The molecule has 4 nitrogen and oxygen atoms in total. The highest BCUT2D eigenvalue weighted by Gasteiger charge is 2.16. The summed E-state index contributed by atoms with van der Waals surface area (Å²) >= 11 is 0. The SMILES string of the molecule is Cc1cc2nccn2cc1-c1cn[nH]c1-c1ccc(F)cc1.c1ccc(C(c2ccccc2)c2ccccc2)cc1. The number of benzene rings is 4. The molecule has 0 aliphatic heterocycles. The van der Waals surface area contributed by atoms with E-state index >= 15 is 0 Å². The molecular weight excluding hydrogens is 507 g/mol. The van der Waals surface area contributed by atoms with Gasteiger partial charge in [0.2, 0.25) is 0 Å². The molecule has 0 radical (unpaired) electrons. The van der Waals surface area contributed by atoms with E-state index in [2.05, 4.69) is 106 Å². The van der Waals surface area contributed by atoms with E-state index in [0.717, 1.165) is 33.6 Å². The minimum atomic E-state index is -0.249. The first-order valence-corrected chi connectivity index (χ1v) is 13.6. The predicted molar refractivity (Wildman–Crippen MR) is 163 cm³/mol. The Morgan fingerprint density at radius 3 is 1.83 bits per heavy atom. The van der Waals surface area contributed by atoms with E-state index in [4.69, 9.17) is 0 Å². The Balaban J connectivity index is 0.000000149. The Kier molecular flexibility index (Phi) is 7.50. The van der Waals surface area contributed by atoms with Crippen molar-refractivity contribution in [3.8, 4) is 22.4 Å². The summed E-state index contributed by atoms with van der Waals surface area (Å²) in [5, 5.41) is 7.17. The van der Waals surface area contributed by atoms with Gasteiger partial charge >= 0.3 is 0 Å². The Hall–Kier alpha value is -5.29. The van der Waals surface area contributed by atoms with Gasteiger partial charge < -0.3 is 4.40 Å². The number of hydrogen-bond acceptors (Lipinski definition) is 2. The summed E-state index contributed by atoms with van der Waals surface area (Å²) in [5.74, 6) is 0.0597. The maximum Gasteiger partial charge on any atom is 0.136 e. The van der Waals surface area contributed by atoms with Gasteiger partial charge in [0.1, 0.15) is 11.5 Å². The van der Waals surface area contributed by atoms with Crippen LogP contribution in [0.15, 0.2) is 146 Å². The third-order valence-corrected chi connectivity index (χ3v) is 7.20. The molecule has 0 unspecified atom stereocenters. The lowest BCUT2D eigenvalue weighted by Gasteiger charge is -2.18. The van der Waals surface area contributed by atoms with Gasteiger partial charge in [-0.15, -0.1) is 0 Å². The predicted octanol–water partition coefficient (Wildman–Crippen LogP) is 8.71. The van der Waals surface area contributed by atoms with Crippen LogP contribution in [0.3, 0.4) is 0 Å². The van der Waals surface area contributed by atoms with Gasteiger partial charge in [0, 0.05) is 41.2 Å². The first kappa shape index (κ1) is 26.0. The summed E-state index contributed by atoms with van der Waals surface area (Å²) in [5.41, 5.74) is 9.86. The van der Waals surface area contributed by atoms with Gasteiger partial charge in [0.25, 0.3) is 0 Å². The van der Waals surface area contributed by atoms with Gasteiger partial charge in [0.05, 0.1) is 11.9 Å². The van der Waals surface area contributed by atoms with Crippen LogP contribution in [0.25, 0.3) is 28.0 Å². The van der Waals surface area contributed by atoms with Crippen LogP contribution >= 0.6 is 0 Å². The van der Waals surface area contributed by atoms with Crippen molar-refractivity contribution in [2.24, 2.45) is 0 Å². The lowest BCUT2D eigenvalue weighted by atomic mass is 9.85. The van der Waals surface area contributed by atoms with Crippen molar-refractivity contribution in [3.05, 3.63) is 174 Å². The minimum absolute atomic E-state index is 0.249. The molecule has 5 heteroatoms. The van der Waals surface area contributed by atoms with Crippen LogP contribution in [0.2, 0.25) is 0 Å². The van der Waals surface area contributed by atoms with Crippen LogP contribution in [0.4, 0.5) is 4.39 Å². The van der Waals surface area contributed by atoms with Gasteiger partial charge in [-0.05, 0) is 59.5 Å². The average molecular weight is 537 g/mol. The van der Waals surface area contributed by atoms with E-state index in [0.29, 0.717) is 5.92 Å². The molecule has 1 N–H and O–H groups in total. The largest absolute Gasteiger partial charge is 0.306 e. The van der Waals surface area contributed by atoms with Crippen LogP contribution in [0.5, 0.6) is 0 Å². The van der Waals surface area contributed by atoms with Crippen molar-refractivity contribution in [1.82, 2.24) is 19.6 Å². The number of hydrogen-bond donors (Lipinski definition) is 1. The standard InChI is InChI=1S/C19H16.C17H13FN4/c1-4-10-16(11-5-1)19(17-12-6-2-7-13-17)18-14-8-3-9-15-18;1-11-8-16-19-6-7-22(16)10-15(11)14-9-20-21-17(14)12-2-4-13(18)5-3-12/h1-15,19H;2-10H,1H3,(H,20,21). The Bertz CT molecular complexity index is 1750. The third-order valence-electron chi connectivity index (χ3n) is 7.20. The second-order valence-electron chi connectivity index (χ2n) is 9.89. The minimum Gasteiger partial charge on any atom is -0.306 e.